The van der Waals surface area contributed by atoms with E-state index in [4.69, 9.17) is 11.6 Å². The molecule has 1 aromatic rings. The predicted molar refractivity (Wildman–Crippen MR) is 66.0 cm³/mol. The van der Waals surface area contributed by atoms with Crippen LogP contribution in [0.4, 0.5) is 0 Å². The standard InChI is InChI=1S/C11H11ClN2O2S/c12-7-5-8(6-7)13-11-9-3-1-2-4-10(9)17(15,16)14-11/h1-4,7-8H,5-6H2,(H,13,14). The fourth-order valence-corrected chi connectivity index (χ4v) is 3.69. The van der Waals surface area contributed by atoms with Crippen LogP contribution in [0.5, 0.6) is 0 Å². The summed E-state index contributed by atoms with van der Waals surface area (Å²) in [5, 5.41) is 0.178. The number of sulfonamides is 1. The monoisotopic (exact) mass is 270 g/mol. The summed E-state index contributed by atoms with van der Waals surface area (Å²) in [6.07, 6.45) is 1.63. The topological polar surface area (TPSA) is 58.5 Å². The minimum Gasteiger partial charge on any atom is -0.264 e. The molecule has 1 saturated carbocycles. The van der Waals surface area contributed by atoms with Gasteiger partial charge in [-0.05, 0) is 25.0 Å². The largest absolute Gasteiger partial charge is 0.264 e. The lowest BCUT2D eigenvalue weighted by molar-refractivity contribution is 0.428. The van der Waals surface area contributed by atoms with Gasteiger partial charge in [-0.25, -0.2) is 8.42 Å². The Bertz CT molecular complexity index is 591. The van der Waals surface area contributed by atoms with E-state index >= 15 is 0 Å². The molecule has 0 unspecified atom stereocenters. The van der Waals surface area contributed by atoms with Crippen molar-refractivity contribution >= 4 is 27.5 Å². The average Bonchev–Trinajstić information content (AvgIpc) is 2.50. The first kappa shape index (κ1) is 11.0. The van der Waals surface area contributed by atoms with Crippen LogP contribution in [-0.2, 0) is 10.0 Å². The SMILES string of the molecule is O=S1(=O)NC(=NC2CC(Cl)C2)c2ccccc21. The number of nitrogens with zero attached hydrogens (tertiary/aromatic N) is 1. The summed E-state index contributed by atoms with van der Waals surface area (Å²) in [4.78, 5) is 4.72. The highest BCUT2D eigenvalue weighted by Gasteiger charge is 2.33. The van der Waals surface area contributed by atoms with Crippen molar-refractivity contribution in [2.45, 2.75) is 29.2 Å². The Hall–Kier alpha value is -1.07. The maximum absolute atomic E-state index is 11.8. The van der Waals surface area contributed by atoms with Crippen molar-refractivity contribution < 1.29 is 8.42 Å². The van der Waals surface area contributed by atoms with Gasteiger partial charge in [0, 0.05) is 10.9 Å². The second-order valence-corrected chi connectivity index (χ2v) is 6.57. The summed E-state index contributed by atoms with van der Waals surface area (Å²) >= 11 is 5.88. The number of amidine groups is 1. The molecule has 1 aliphatic heterocycles. The van der Waals surface area contributed by atoms with E-state index in [1.165, 1.54) is 0 Å². The number of hydrogen-bond donors (Lipinski definition) is 1. The van der Waals surface area contributed by atoms with Crippen molar-refractivity contribution in [3.05, 3.63) is 29.8 Å². The van der Waals surface area contributed by atoms with E-state index in [0.717, 1.165) is 12.8 Å². The molecule has 1 N–H and O–H groups in total. The fourth-order valence-electron chi connectivity index (χ4n) is 2.04. The zero-order valence-electron chi connectivity index (χ0n) is 8.93. The molecule has 0 saturated heterocycles. The molecule has 0 bridgehead atoms. The summed E-state index contributed by atoms with van der Waals surface area (Å²) < 4.78 is 26.1. The molecule has 0 amide bonds. The third-order valence-electron chi connectivity index (χ3n) is 3.03. The van der Waals surface area contributed by atoms with Gasteiger partial charge in [-0.2, -0.15) is 0 Å². The van der Waals surface area contributed by atoms with Crippen LogP contribution in [-0.4, -0.2) is 25.7 Å². The molecule has 1 fully saturated rings. The minimum absolute atomic E-state index is 0.140. The maximum atomic E-state index is 11.8. The molecule has 0 atom stereocenters. The highest BCUT2D eigenvalue weighted by atomic mass is 35.5. The number of nitrogens with one attached hydrogen (secondary N) is 1. The van der Waals surface area contributed by atoms with Crippen LogP contribution in [0.15, 0.2) is 34.2 Å². The van der Waals surface area contributed by atoms with Gasteiger partial charge in [-0.15, -0.1) is 11.6 Å². The van der Waals surface area contributed by atoms with Crippen LogP contribution in [0.25, 0.3) is 0 Å². The third-order valence-corrected chi connectivity index (χ3v) is 4.78. The van der Waals surface area contributed by atoms with Crippen molar-refractivity contribution in [3.63, 3.8) is 0 Å². The first-order chi connectivity index (χ1) is 8.06. The summed E-state index contributed by atoms with van der Waals surface area (Å²) in [5.41, 5.74) is 0.658. The lowest BCUT2D eigenvalue weighted by atomic mass is 9.93. The smallest absolute Gasteiger partial charge is 0.263 e. The van der Waals surface area contributed by atoms with Crippen LogP contribution >= 0.6 is 11.6 Å². The van der Waals surface area contributed by atoms with Gasteiger partial charge in [-0.3, -0.25) is 9.71 Å². The van der Waals surface area contributed by atoms with E-state index in [9.17, 15) is 8.42 Å². The van der Waals surface area contributed by atoms with E-state index in [2.05, 4.69) is 9.71 Å². The van der Waals surface area contributed by atoms with Crippen LogP contribution < -0.4 is 4.72 Å². The summed E-state index contributed by atoms with van der Waals surface area (Å²) in [6.45, 7) is 0. The Morgan fingerprint density at radius 2 is 2.00 bits per heavy atom. The second kappa shape index (κ2) is 3.71. The number of hydrogen-bond acceptors (Lipinski definition) is 3. The molecule has 0 radical (unpaired) electrons. The van der Waals surface area contributed by atoms with Gasteiger partial charge in [-0.1, -0.05) is 12.1 Å². The van der Waals surface area contributed by atoms with Gasteiger partial charge < -0.3 is 0 Å². The maximum Gasteiger partial charge on any atom is 0.263 e. The molecule has 1 aromatic carbocycles. The molecule has 0 spiro atoms. The normalized spacial score (nSPS) is 31.7. The van der Waals surface area contributed by atoms with Gasteiger partial charge in [0.1, 0.15) is 5.84 Å². The molecule has 3 rings (SSSR count). The number of rotatable bonds is 1. The van der Waals surface area contributed by atoms with Crippen molar-refractivity contribution in [3.8, 4) is 0 Å². The Balaban J connectivity index is 2.00. The zero-order chi connectivity index (χ0) is 12.0. The Kier molecular flexibility index (Phi) is 2.41. The Labute approximate surface area is 105 Å². The molecular weight excluding hydrogens is 260 g/mol. The fraction of sp³-hybridized carbons (Fsp3) is 0.364. The number of halogens is 1. The van der Waals surface area contributed by atoms with E-state index in [-0.39, 0.29) is 11.4 Å². The molecule has 0 aromatic heterocycles. The van der Waals surface area contributed by atoms with E-state index in [1.807, 2.05) is 6.07 Å². The molecule has 90 valence electrons. The lowest BCUT2D eigenvalue weighted by Gasteiger charge is -2.27. The zero-order valence-corrected chi connectivity index (χ0v) is 10.5. The summed E-state index contributed by atoms with van der Waals surface area (Å²) in [6, 6.07) is 7.01. The second-order valence-electron chi connectivity index (χ2n) is 4.30. The quantitative estimate of drug-likeness (QED) is 0.786. The number of fused-ring (bicyclic) bond motifs is 1. The van der Waals surface area contributed by atoms with E-state index in [0.29, 0.717) is 16.3 Å². The number of alkyl halides is 1. The highest BCUT2D eigenvalue weighted by Crippen LogP contribution is 2.30. The average molecular weight is 271 g/mol. The van der Waals surface area contributed by atoms with Crippen LogP contribution in [0.3, 0.4) is 0 Å². The first-order valence-corrected chi connectivity index (χ1v) is 7.32. The van der Waals surface area contributed by atoms with Crippen molar-refractivity contribution in [1.82, 2.24) is 4.72 Å². The van der Waals surface area contributed by atoms with Crippen LogP contribution in [0.1, 0.15) is 18.4 Å². The highest BCUT2D eigenvalue weighted by molar-refractivity contribution is 7.90. The predicted octanol–water partition coefficient (Wildman–Crippen LogP) is 1.49. The van der Waals surface area contributed by atoms with Crippen LogP contribution in [0, 0.1) is 0 Å². The van der Waals surface area contributed by atoms with Gasteiger partial charge in [0.25, 0.3) is 10.0 Å². The van der Waals surface area contributed by atoms with Gasteiger partial charge in [0.15, 0.2) is 0 Å². The lowest BCUT2D eigenvalue weighted by Crippen LogP contribution is -2.31. The molecular formula is C11H11ClN2O2S. The molecule has 6 heteroatoms. The molecule has 1 heterocycles. The molecule has 1 aliphatic carbocycles. The van der Waals surface area contributed by atoms with Gasteiger partial charge in [0.05, 0.1) is 10.9 Å². The summed E-state index contributed by atoms with van der Waals surface area (Å²) in [5.74, 6) is 0.453. The molecule has 2 aliphatic rings. The van der Waals surface area contributed by atoms with Gasteiger partial charge >= 0.3 is 0 Å². The van der Waals surface area contributed by atoms with E-state index in [1.54, 1.807) is 18.2 Å². The van der Waals surface area contributed by atoms with Crippen molar-refractivity contribution in [1.29, 1.82) is 0 Å². The summed E-state index contributed by atoms with van der Waals surface area (Å²) in [7, 11) is -3.41. The third kappa shape index (κ3) is 1.83. The number of benzene rings is 1. The minimum atomic E-state index is -3.41. The molecule has 17 heavy (non-hydrogen) atoms. The van der Waals surface area contributed by atoms with Crippen molar-refractivity contribution in [2.75, 3.05) is 0 Å². The Morgan fingerprint density at radius 1 is 1.29 bits per heavy atom. The first-order valence-electron chi connectivity index (χ1n) is 5.40. The molecule has 4 nitrogen and oxygen atoms in total. The van der Waals surface area contributed by atoms with Crippen molar-refractivity contribution in [2.24, 2.45) is 4.99 Å². The number of aliphatic imine (C=N–C) groups is 1. The van der Waals surface area contributed by atoms with E-state index < -0.39 is 10.0 Å². The van der Waals surface area contributed by atoms with Crippen LogP contribution in [0.2, 0.25) is 0 Å². The van der Waals surface area contributed by atoms with Gasteiger partial charge in [0.2, 0.25) is 0 Å². The Morgan fingerprint density at radius 3 is 2.71 bits per heavy atom.